The van der Waals surface area contributed by atoms with Gasteiger partial charge in [-0.05, 0) is 55.7 Å². The fourth-order valence-electron chi connectivity index (χ4n) is 3.96. The molecule has 1 heterocycles. The number of carbonyl (C=O) groups is 2. The van der Waals surface area contributed by atoms with Gasteiger partial charge in [0.25, 0.3) is 0 Å². The fraction of sp³-hybridized carbons (Fsp3) is 0.194. The molecule has 9 nitrogen and oxygen atoms in total. The second-order valence-corrected chi connectivity index (χ2v) is 11.5. The zero-order valence-electron chi connectivity index (χ0n) is 22.9. The van der Waals surface area contributed by atoms with Crippen molar-refractivity contribution in [3.8, 4) is 0 Å². The van der Waals surface area contributed by atoms with Gasteiger partial charge in [0.1, 0.15) is 11.5 Å². The smallest absolute Gasteiger partial charge is 0.329 e. The molecule has 2 N–H and O–H groups in total. The zero-order chi connectivity index (χ0) is 29.2. The summed E-state index contributed by atoms with van der Waals surface area (Å²) in [5.41, 5.74) is 6.09. The summed E-state index contributed by atoms with van der Waals surface area (Å²) in [7, 11) is -3.84. The predicted molar refractivity (Wildman–Crippen MR) is 156 cm³/mol. The van der Waals surface area contributed by atoms with E-state index in [4.69, 9.17) is 4.42 Å². The lowest BCUT2D eigenvalue weighted by molar-refractivity contribution is -0.139. The van der Waals surface area contributed by atoms with E-state index in [0.29, 0.717) is 18.7 Å². The molecule has 0 saturated heterocycles. The molecular weight excluding hydrogens is 540 g/mol. The lowest BCUT2D eigenvalue weighted by Gasteiger charge is -2.21. The van der Waals surface area contributed by atoms with Gasteiger partial charge in [-0.2, -0.15) is 9.41 Å². The van der Waals surface area contributed by atoms with Crippen LogP contribution in [0.4, 0.5) is 0 Å². The third-order valence-corrected chi connectivity index (χ3v) is 8.07. The van der Waals surface area contributed by atoms with Crippen molar-refractivity contribution < 1.29 is 22.4 Å². The minimum Gasteiger partial charge on any atom is -0.459 e. The van der Waals surface area contributed by atoms with Gasteiger partial charge in [0.2, 0.25) is 10.0 Å². The van der Waals surface area contributed by atoms with Crippen LogP contribution in [-0.2, 0) is 39.1 Å². The average Bonchev–Trinajstić information content (AvgIpc) is 3.41. The van der Waals surface area contributed by atoms with E-state index in [1.54, 1.807) is 36.4 Å². The molecule has 0 aliphatic rings. The van der Waals surface area contributed by atoms with Crippen LogP contribution >= 0.6 is 0 Å². The highest BCUT2D eigenvalue weighted by molar-refractivity contribution is 7.89. The van der Waals surface area contributed by atoms with Gasteiger partial charge in [-0.3, -0.25) is 9.59 Å². The molecule has 212 valence electrons. The van der Waals surface area contributed by atoms with Crippen LogP contribution < -0.4 is 10.7 Å². The minimum absolute atomic E-state index is 0.0197. The number of sulfonamides is 1. The Labute approximate surface area is 239 Å². The van der Waals surface area contributed by atoms with Crippen molar-refractivity contribution in [3.63, 3.8) is 0 Å². The van der Waals surface area contributed by atoms with Crippen molar-refractivity contribution in [1.29, 1.82) is 0 Å². The predicted octanol–water partition coefficient (Wildman–Crippen LogP) is 4.10. The molecule has 3 aromatic carbocycles. The SMILES string of the molecule is Cc1ccc(CN(Cc2ccc(/C=N/NC(=O)C(=O)NCCc3ccccc3)o2)S(=O)(=O)c2ccc(C)cc2)cc1. The number of nitrogens with one attached hydrogen (secondary N) is 2. The third kappa shape index (κ3) is 8.47. The Morgan fingerprint density at radius 2 is 1.46 bits per heavy atom. The zero-order valence-corrected chi connectivity index (χ0v) is 23.7. The highest BCUT2D eigenvalue weighted by Crippen LogP contribution is 2.22. The van der Waals surface area contributed by atoms with Crippen LogP contribution in [0.15, 0.2) is 105 Å². The van der Waals surface area contributed by atoms with Gasteiger partial charge in [-0.1, -0.05) is 77.9 Å². The van der Waals surface area contributed by atoms with E-state index in [-0.39, 0.29) is 23.7 Å². The van der Waals surface area contributed by atoms with E-state index in [9.17, 15) is 18.0 Å². The summed E-state index contributed by atoms with van der Waals surface area (Å²) in [5.74, 6) is -1.03. The van der Waals surface area contributed by atoms with E-state index in [1.807, 2.05) is 68.4 Å². The quantitative estimate of drug-likeness (QED) is 0.159. The summed E-state index contributed by atoms with van der Waals surface area (Å²) in [4.78, 5) is 24.3. The van der Waals surface area contributed by atoms with Crippen molar-refractivity contribution in [2.75, 3.05) is 6.54 Å². The summed E-state index contributed by atoms with van der Waals surface area (Å²) in [6.45, 7) is 4.31. The maximum atomic E-state index is 13.6. The Kier molecular flexibility index (Phi) is 9.83. The molecule has 0 bridgehead atoms. The number of hydrazone groups is 1. The van der Waals surface area contributed by atoms with Gasteiger partial charge in [-0.15, -0.1) is 0 Å². The van der Waals surface area contributed by atoms with Crippen molar-refractivity contribution in [1.82, 2.24) is 15.0 Å². The average molecular weight is 573 g/mol. The molecule has 1 aromatic heterocycles. The van der Waals surface area contributed by atoms with Gasteiger partial charge in [0, 0.05) is 13.1 Å². The largest absolute Gasteiger partial charge is 0.459 e. The van der Waals surface area contributed by atoms with Gasteiger partial charge >= 0.3 is 11.8 Å². The van der Waals surface area contributed by atoms with Crippen molar-refractivity contribution in [2.24, 2.45) is 5.10 Å². The lowest BCUT2D eigenvalue weighted by atomic mass is 10.1. The van der Waals surface area contributed by atoms with Crippen molar-refractivity contribution in [3.05, 3.63) is 125 Å². The molecule has 10 heteroatoms. The summed E-state index contributed by atoms with van der Waals surface area (Å²) in [5, 5.41) is 6.34. The van der Waals surface area contributed by atoms with Gasteiger partial charge in [-0.25, -0.2) is 13.8 Å². The first-order valence-corrected chi connectivity index (χ1v) is 14.5. The third-order valence-electron chi connectivity index (χ3n) is 6.26. The Morgan fingerprint density at radius 1 is 0.805 bits per heavy atom. The molecule has 41 heavy (non-hydrogen) atoms. The van der Waals surface area contributed by atoms with Crippen LogP contribution in [-0.4, -0.2) is 37.3 Å². The molecule has 0 atom stereocenters. The van der Waals surface area contributed by atoms with Crippen molar-refractivity contribution >= 4 is 28.1 Å². The Morgan fingerprint density at radius 3 is 2.15 bits per heavy atom. The fourth-order valence-corrected chi connectivity index (χ4v) is 5.35. The van der Waals surface area contributed by atoms with Crippen LogP contribution in [0.1, 0.15) is 33.8 Å². The molecule has 0 saturated carbocycles. The first kappa shape index (κ1) is 29.4. The molecule has 2 amide bonds. The van der Waals surface area contributed by atoms with E-state index in [0.717, 1.165) is 22.3 Å². The van der Waals surface area contributed by atoms with E-state index < -0.39 is 21.8 Å². The molecule has 0 radical (unpaired) electrons. The molecule has 0 unspecified atom stereocenters. The van der Waals surface area contributed by atoms with Crippen molar-refractivity contribution in [2.45, 2.75) is 38.3 Å². The number of carbonyl (C=O) groups excluding carboxylic acids is 2. The lowest BCUT2D eigenvalue weighted by Crippen LogP contribution is -2.38. The van der Waals surface area contributed by atoms with Crippen LogP contribution in [0, 0.1) is 13.8 Å². The summed E-state index contributed by atoms with van der Waals surface area (Å²) in [6, 6.07) is 27.2. The topological polar surface area (TPSA) is 121 Å². The van der Waals surface area contributed by atoms with Crippen LogP contribution in [0.25, 0.3) is 0 Å². The number of rotatable bonds is 11. The maximum Gasteiger partial charge on any atom is 0.329 e. The van der Waals surface area contributed by atoms with Crippen LogP contribution in [0.5, 0.6) is 0 Å². The second-order valence-electron chi connectivity index (χ2n) is 9.57. The second kappa shape index (κ2) is 13.7. The number of amides is 2. The Bertz CT molecular complexity index is 1600. The Balaban J connectivity index is 1.38. The number of furan rings is 1. The summed E-state index contributed by atoms with van der Waals surface area (Å²) >= 11 is 0. The van der Waals surface area contributed by atoms with E-state index >= 15 is 0 Å². The maximum absolute atomic E-state index is 13.6. The van der Waals surface area contributed by atoms with Crippen LogP contribution in [0.2, 0.25) is 0 Å². The van der Waals surface area contributed by atoms with E-state index in [2.05, 4.69) is 15.8 Å². The molecule has 4 rings (SSSR count). The Hall–Kier alpha value is -4.54. The monoisotopic (exact) mass is 572 g/mol. The first-order valence-electron chi connectivity index (χ1n) is 13.1. The molecule has 0 spiro atoms. The minimum atomic E-state index is -3.84. The van der Waals surface area contributed by atoms with Gasteiger partial charge in [0.15, 0.2) is 0 Å². The van der Waals surface area contributed by atoms with Crippen LogP contribution in [0.3, 0.4) is 0 Å². The van der Waals surface area contributed by atoms with E-state index in [1.165, 1.54) is 10.5 Å². The molecule has 4 aromatic rings. The normalized spacial score (nSPS) is 11.6. The number of hydrogen-bond acceptors (Lipinski definition) is 6. The number of benzene rings is 3. The first-order chi connectivity index (χ1) is 19.7. The molecule has 0 aliphatic carbocycles. The molecule has 0 aliphatic heterocycles. The number of aryl methyl sites for hydroxylation is 2. The van der Waals surface area contributed by atoms with Gasteiger partial charge in [0.05, 0.1) is 17.7 Å². The van der Waals surface area contributed by atoms with Gasteiger partial charge < -0.3 is 9.73 Å². The summed E-state index contributed by atoms with van der Waals surface area (Å²) < 4.78 is 34.3. The molecular formula is C31H32N4O5S. The number of hydrogen-bond donors (Lipinski definition) is 2. The molecule has 0 fully saturated rings. The highest BCUT2D eigenvalue weighted by atomic mass is 32.2. The standard InChI is InChI=1S/C31H32N4O5S/c1-23-8-12-26(13-9-23)21-35(41(38,39)29-16-10-24(2)11-17-29)22-28-15-14-27(40-28)20-33-34-31(37)30(36)32-19-18-25-6-4-3-5-7-25/h3-17,20H,18-19,21-22H2,1-2H3,(H,32,36)(H,34,37)/b33-20+. The summed E-state index contributed by atoms with van der Waals surface area (Å²) in [6.07, 6.45) is 1.84. The number of nitrogens with zero attached hydrogens (tertiary/aromatic N) is 2. The highest BCUT2D eigenvalue weighted by Gasteiger charge is 2.26.